The van der Waals surface area contributed by atoms with Gasteiger partial charge in [-0.05, 0) is 25.1 Å². The number of esters is 2. The highest BCUT2D eigenvalue weighted by molar-refractivity contribution is 7.14. The number of hydrogen-bond donors (Lipinski definition) is 0. The van der Waals surface area contributed by atoms with Crippen LogP contribution in [0.15, 0.2) is 29.6 Å². The molecular formula is C24H22ClF4N5O5S. The van der Waals surface area contributed by atoms with Gasteiger partial charge >= 0.3 is 18.1 Å². The number of halogens is 5. The molecule has 2 aromatic heterocycles. The monoisotopic (exact) mass is 603 g/mol. The molecule has 1 aliphatic rings. The fourth-order valence-corrected chi connectivity index (χ4v) is 5.07. The number of hydrogen-bond acceptors (Lipinski definition) is 9. The van der Waals surface area contributed by atoms with E-state index in [9.17, 15) is 31.9 Å². The van der Waals surface area contributed by atoms with Gasteiger partial charge in [0.15, 0.2) is 16.5 Å². The molecule has 0 aliphatic carbocycles. The zero-order valence-electron chi connectivity index (χ0n) is 21.1. The summed E-state index contributed by atoms with van der Waals surface area (Å²) in [5, 5.41) is 5.26. The maximum absolute atomic E-state index is 14.0. The average Bonchev–Trinajstić information content (AvgIpc) is 3.55. The Morgan fingerprint density at radius 2 is 1.98 bits per heavy atom. The molecule has 0 N–H and O–H groups in total. The standard InChI is InChI=1S/C24H22ClF4N5O5S/c1-13-8-19(24(27,28)29)31-34(13)10-20(35)32-6-7-33(18(9-32)22(37)38-2)23-30-17(12-40-23)21(36)39-11-14-15(25)4-3-5-16(14)26/h3-5,8,12,18H,6-7,9-11H2,1-2H3. The molecule has 3 heterocycles. The van der Waals surface area contributed by atoms with Crippen LogP contribution in [0.2, 0.25) is 5.02 Å². The number of benzene rings is 1. The van der Waals surface area contributed by atoms with Gasteiger partial charge in [0.05, 0.1) is 18.7 Å². The number of carbonyl (C=O) groups is 3. The summed E-state index contributed by atoms with van der Waals surface area (Å²) in [6, 6.07) is 3.91. The minimum Gasteiger partial charge on any atom is -0.467 e. The first-order chi connectivity index (χ1) is 18.9. The van der Waals surface area contributed by atoms with Crippen molar-refractivity contribution in [2.24, 2.45) is 0 Å². The Hall–Kier alpha value is -3.72. The van der Waals surface area contributed by atoms with E-state index in [2.05, 4.69) is 10.1 Å². The third kappa shape index (κ3) is 6.36. The number of anilines is 1. The lowest BCUT2D eigenvalue weighted by Gasteiger charge is -2.39. The number of ether oxygens (including phenoxy) is 2. The third-order valence-electron chi connectivity index (χ3n) is 6.12. The quantitative estimate of drug-likeness (QED) is 0.297. The van der Waals surface area contributed by atoms with Crippen molar-refractivity contribution < 1.29 is 41.4 Å². The van der Waals surface area contributed by atoms with Crippen molar-refractivity contribution in [2.45, 2.75) is 32.3 Å². The molecule has 40 heavy (non-hydrogen) atoms. The van der Waals surface area contributed by atoms with E-state index in [4.69, 9.17) is 21.1 Å². The van der Waals surface area contributed by atoms with E-state index in [1.54, 1.807) is 4.90 Å². The van der Waals surface area contributed by atoms with E-state index in [1.165, 1.54) is 42.5 Å². The number of piperazine rings is 1. The van der Waals surface area contributed by atoms with Crippen LogP contribution >= 0.6 is 22.9 Å². The highest BCUT2D eigenvalue weighted by Gasteiger charge is 2.38. The molecule has 4 rings (SSSR count). The van der Waals surface area contributed by atoms with Crippen molar-refractivity contribution in [3.8, 4) is 0 Å². The number of thiazole rings is 1. The number of aryl methyl sites for hydroxylation is 1. The molecule has 1 atom stereocenters. The fourth-order valence-electron chi connectivity index (χ4n) is 3.98. The molecule has 0 spiro atoms. The summed E-state index contributed by atoms with van der Waals surface area (Å²) in [6.45, 7) is 0.635. The van der Waals surface area contributed by atoms with Gasteiger partial charge in [-0.25, -0.2) is 19.0 Å². The molecule has 0 bridgehead atoms. The lowest BCUT2D eigenvalue weighted by atomic mass is 10.1. The number of aromatic nitrogens is 3. The summed E-state index contributed by atoms with van der Waals surface area (Å²) < 4.78 is 63.9. The summed E-state index contributed by atoms with van der Waals surface area (Å²) in [5.41, 5.74) is -1.02. The second-order valence-corrected chi connectivity index (χ2v) is 9.93. The molecule has 1 saturated heterocycles. The van der Waals surface area contributed by atoms with Gasteiger partial charge in [-0.1, -0.05) is 17.7 Å². The first-order valence-electron chi connectivity index (χ1n) is 11.7. The van der Waals surface area contributed by atoms with E-state index < -0.39 is 54.7 Å². The second kappa shape index (κ2) is 11.8. The topological polar surface area (TPSA) is 107 Å². The molecule has 1 unspecified atom stereocenters. The summed E-state index contributed by atoms with van der Waals surface area (Å²) in [7, 11) is 1.17. The van der Waals surface area contributed by atoms with Crippen molar-refractivity contribution in [1.82, 2.24) is 19.7 Å². The van der Waals surface area contributed by atoms with Gasteiger partial charge in [0, 0.05) is 29.7 Å². The van der Waals surface area contributed by atoms with Crippen LogP contribution in [0.1, 0.15) is 27.4 Å². The zero-order valence-corrected chi connectivity index (χ0v) is 22.6. The minimum atomic E-state index is -4.65. The van der Waals surface area contributed by atoms with E-state index in [1.807, 2.05) is 0 Å². The number of amides is 1. The van der Waals surface area contributed by atoms with Gasteiger partial charge in [0.2, 0.25) is 5.91 Å². The highest BCUT2D eigenvalue weighted by atomic mass is 35.5. The fraction of sp³-hybridized carbons (Fsp3) is 0.375. The number of rotatable bonds is 7. The van der Waals surface area contributed by atoms with Crippen LogP contribution in [-0.4, -0.2) is 70.3 Å². The molecule has 1 fully saturated rings. The number of alkyl halides is 3. The van der Waals surface area contributed by atoms with Gasteiger partial charge in [-0.3, -0.25) is 9.48 Å². The maximum Gasteiger partial charge on any atom is 0.435 e. The molecule has 16 heteroatoms. The van der Waals surface area contributed by atoms with Crippen LogP contribution in [0, 0.1) is 12.7 Å². The Labute approximate surface area is 234 Å². The molecular weight excluding hydrogens is 582 g/mol. The summed E-state index contributed by atoms with van der Waals surface area (Å²) in [4.78, 5) is 45.2. The van der Waals surface area contributed by atoms with Crippen LogP contribution < -0.4 is 4.90 Å². The molecule has 10 nitrogen and oxygen atoms in total. The van der Waals surface area contributed by atoms with Crippen LogP contribution in [0.3, 0.4) is 0 Å². The Balaban J connectivity index is 1.43. The Morgan fingerprint density at radius 1 is 1.23 bits per heavy atom. The van der Waals surface area contributed by atoms with Crippen LogP contribution in [-0.2, 0) is 38.4 Å². The third-order valence-corrected chi connectivity index (χ3v) is 7.35. The summed E-state index contributed by atoms with van der Waals surface area (Å²) in [5.74, 6) is -2.68. The summed E-state index contributed by atoms with van der Waals surface area (Å²) >= 11 is 7.00. The molecule has 1 amide bonds. The van der Waals surface area contributed by atoms with Crippen molar-refractivity contribution in [3.05, 3.63) is 63.1 Å². The smallest absolute Gasteiger partial charge is 0.435 e. The largest absolute Gasteiger partial charge is 0.467 e. The van der Waals surface area contributed by atoms with Crippen LogP contribution in [0.25, 0.3) is 0 Å². The van der Waals surface area contributed by atoms with E-state index in [0.29, 0.717) is 0 Å². The second-order valence-electron chi connectivity index (χ2n) is 8.69. The number of carbonyl (C=O) groups excluding carboxylic acids is 3. The Morgan fingerprint density at radius 3 is 2.62 bits per heavy atom. The van der Waals surface area contributed by atoms with Gasteiger partial charge in [0.1, 0.15) is 25.0 Å². The average molecular weight is 604 g/mol. The molecule has 1 aromatic carbocycles. The maximum atomic E-state index is 14.0. The van der Waals surface area contributed by atoms with E-state index >= 15 is 0 Å². The van der Waals surface area contributed by atoms with E-state index in [-0.39, 0.29) is 46.7 Å². The van der Waals surface area contributed by atoms with Gasteiger partial charge in [0.25, 0.3) is 0 Å². The predicted octanol–water partition coefficient (Wildman–Crippen LogP) is 3.71. The van der Waals surface area contributed by atoms with Gasteiger partial charge < -0.3 is 19.3 Å². The van der Waals surface area contributed by atoms with Crippen molar-refractivity contribution in [1.29, 1.82) is 0 Å². The van der Waals surface area contributed by atoms with Crippen molar-refractivity contribution in [2.75, 3.05) is 31.6 Å². The molecule has 3 aromatic rings. The lowest BCUT2D eigenvalue weighted by Crippen LogP contribution is -2.58. The Bertz CT molecular complexity index is 1410. The molecule has 1 aliphatic heterocycles. The highest BCUT2D eigenvalue weighted by Crippen LogP contribution is 2.29. The lowest BCUT2D eigenvalue weighted by molar-refractivity contribution is -0.145. The first kappa shape index (κ1) is 29.3. The van der Waals surface area contributed by atoms with E-state index in [0.717, 1.165) is 22.1 Å². The Kier molecular flexibility index (Phi) is 8.63. The number of nitrogens with zero attached hydrogens (tertiary/aromatic N) is 5. The SMILES string of the molecule is COC(=O)C1CN(C(=O)Cn2nc(C(F)(F)F)cc2C)CCN1c1nc(C(=O)OCc2c(F)cccc2Cl)cs1. The van der Waals surface area contributed by atoms with Crippen molar-refractivity contribution >= 4 is 45.9 Å². The zero-order chi connectivity index (χ0) is 29.2. The predicted molar refractivity (Wildman–Crippen MR) is 134 cm³/mol. The molecule has 0 saturated carbocycles. The normalized spacial score (nSPS) is 15.7. The first-order valence-corrected chi connectivity index (χ1v) is 12.9. The van der Waals surface area contributed by atoms with Gasteiger partial charge in [-0.15, -0.1) is 11.3 Å². The minimum absolute atomic E-state index is 0.0134. The number of methoxy groups -OCH3 is 1. The summed E-state index contributed by atoms with van der Waals surface area (Å²) in [6.07, 6.45) is -4.65. The van der Waals surface area contributed by atoms with Crippen LogP contribution in [0.4, 0.5) is 22.7 Å². The van der Waals surface area contributed by atoms with Crippen molar-refractivity contribution in [3.63, 3.8) is 0 Å². The molecule has 0 radical (unpaired) electrons. The molecule has 214 valence electrons. The van der Waals surface area contributed by atoms with Gasteiger partial charge in [-0.2, -0.15) is 18.3 Å². The van der Waals surface area contributed by atoms with Crippen LogP contribution in [0.5, 0.6) is 0 Å².